The molecule has 1 rings (SSSR count). The summed E-state index contributed by atoms with van der Waals surface area (Å²) in [5.41, 5.74) is 2.35. The minimum absolute atomic E-state index is 0.419. The van der Waals surface area contributed by atoms with Crippen molar-refractivity contribution in [3.8, 4) is 5.75 Å². The summed E-state index contributed by atoms with van der Waals surface area (Å²) >= 11 is 5.34. The Balaban J connectivity index is 2.97. The zero-order valence-electron chi connectivity index (χ0n) is 14.0. The third-order valence-electron chi connectivity index (χ3n) is 2.69. The molecular formula is C15H22NO5PS. The lowest BCUT2D eigenvalue weighted by molar-refractivity contribution is -0.140. The topological polar surface area (TPSA) is 66.3 Å². The van der Waals surface area contributed by atoms with Gasteiger partial charge in [-0.3, -0.25) is 9.05 Å². The molecule has 0 radical (unpaired) electrons. The average Bonchev–Trinajstić information content (AvgIpc) is 2.45. The van der Waals surface area contributed by atoms with Gasteiger partial charge < -0.3 is 9.36 Å². The van der Waals surface area contributed by atoms with E-state index in [1.807, 2.05) is 32.9 Å². The van der Waals surface area contributed by atoms with E-state index in [0.29, 0.717) is 24.7 Å². The van der Waals surface area contributed by atoms with Gasteiger partial charge in [-0.05, 0) is 51.5 Å². The Hall–Kier alpha value is -1.27. The summed E-state index contributed by atoms with van der Waals surface area (Å²) in [4.78, 5) is 15.5. The predicted molar refractivity (Wildman–Crippen MR) is 93.3 cm³/mol. The molecule has 1 aromatic carbocycles. The van der Waals surface area contributed by atoms with Gasteiger partial charge in [-0.1, -0.05) is 5.16 Å². The summed E-state index contributed by atoms with van der Waals surface area (Å²) in [6.45, 7) is 6.69. The molecule has 0 spiro atoms. The molecule has 0 atom stereocenters. The number of nitrogens with zero attached hydrogens (tertiary/aromatic N) is 1. The Morgan fingerprint density at radius 2 is 1.83 bits per heavy atom. The van der Waals surface area contributed by atoms with Crippen LogP contribution in [0.25, 0.3) is 0 Å². The molecule has 23 heavy (non-hydrogen) atoms. The maximum atomic E-state index is 10.8. The summed E-state index contributed by atoms with van der Waals surface area (Å²) < 4.78 is 16.7. The third-order valence-corrected chi connectivity index (χ3v) is 5.13. The Kier molecular flexibility index (Phi) is 7.85. The van der Waals surface area contributed by atoms with Gasteiger partial charge in [0.2, 0.25) is 0 Å². The van der Waals surface area contributed by atoms with Crippen LogP contribution in [0.5, 0.6) is 5.75 Å². The fourth-order valence-corrected chi connectivity index (χ4v) is 3.89. The average molecular weight is 359 g/mol. The SMILES string of the molecule is CCOP(=S)(OCC)Oc1ccc(/C(C)=N\OC(C)=O)c(C)c1. The highest BCUT2D eigenvalue weighted by molar-refractivity contribution is 8.07. The molecule has 0 bridgehead atoms. The maximum Gasteiger partial charge on any atom is 0.380 e. The van der Waals surface area contributed by atoms with Gasteiger partial charge >= 0.3 is 12.7 Å². The van der Waals surface area contributed by atoms with Gasteiger partial charge in [0.25, 0.3) is 0 Å². The van der Waals surface area contributed by atoms with Crippen LogP contribution in [0.4, 0.5) is 0 Å². The first-order valence-electron chi connectivity index (χ1n) is 7.23. The third kappa shape index (κ3) is 6.39. The summed E-state index contributed by atoms with van der Waals surface area (Å²) in [5.74, 6) is 0.104. The monoisotopic (exact) mass is 359 g/mol. The minimum atomic E-state index is -2.79. The van der Waals surface area contributed by atoms with E-state index < -0.39 is 12.7 Å². The summed E-state index contributed by atoms with van der Waals surface area (Å²) in [6, 6.07) is 5.40. The van der Waals surface area contributed by atoms with Crippen LogP contribution >= 0.6 is 6.72 Å². The van der Waals surface area contributed by atoms with E-state index in [1.165, 1.54) is 6.92 Å². The van der Waals surface area contributed by atoms with E-state index in [2.05, 4.69) is 9.99 Å². The second-order valence-electron chi connectivity index (χ2n) is 4.61. The molecule has 1 aromatic rings. The number of aryl methyl sites for hydroxylation is 1. The van der Waals surface area contributed by atoms with Gasteiger partial charge in [0, 0.05) is 24.3 Å². The van der Waals surface area contributed by atoms with Gasteiger partial charge in [-0.15, -0.1) is 0 Å². The van der Waals surface area contributed by atoms with E-state index in [0.717, 1.165) is 11.1 Å². The Morgan fingerprint density at radius 1 is 1.22 bits per heavy atom. The van der Waals surface area contributed by atoms with Crippen LogP contribution in [0.1, 0.15) is 38.8 Å². The van der Waals surface area contributed by atoms with Crippen LogP contribution in [0, 0.1) is 6.92 Å². The second-order valence-corrected chi connectivity index (χ2v) is 7.55. The highest BCUT2D eigenvalue weighted by Gasteiger charge is 2.21. The maximum absolute atomic E-state index is 10.8. The summed E-state index contributed by atoms with van der Waals surface area (Å²) in [7, 11) is 0. The Bertz CT molecular complexity index is 622. The lowest BCUT2D eigenvalue weighted by atomic mass is 10.1. The van der Waals surface area contributed by atoms with E-state index in [4.69, 9.17) is 25.4 Å². The molecule has 0 unspecified atom stereocenters. The first-order chi connectivity index (χ1) is 10.8. The Morgan fingerprint density at radius 3 is 2.30 bits per heavy atom. The van der Waals surface area contributed by atoms with Gasteiger partial charge in [-0.25, -0.2) is 4.79 Å². The van der Waals surface area contributed by atoms with Gasteiger partial charge in [-0.2, -0.15) is 0 Å². The fourth-order valence-electron chi connectivity index (χ4n) is 1.82. The highest BCUT2D eigenvalue weighted by atomic mass is 32.5. The van der Waals surface area contributed by atoms with Crippen molar-refractivity contribution in [2.24, 2.45) is 5.16 Å². The highest BCUT2D eigenvalue weighted by Crippen LogP contribution is 2.49. The molecule has 0 aliphatic rings. The molecule has 0 fully saturated rings. The molecule has 0 saturated carbocycles. The first kappa shape index (κ1) is 19.8. The minimum Gasteiger partial charge on any atom is -0.424 e. The molecule has 0 amide bonds. The Labute approximate surface area is 142 Å². The molecule has 8 heteroatoms. The lowest BCUT2D eigenvalue weighted by Gasteiger charge is -2.21. The number of rotatable bonds is 8. The smallest absolute Gasteiger partial charge is 0.380 e. The van der Waals surface area contributed by atoms with E-state index in [-0.39, 0.29) is 0 Å². The van der Waals surface area contributed by atoms with Gasteiger partial charge in [0.1, 0.15) is 5.75 Å². The van der Waals surface area contributed by atoms with Crippen molar-refractivity contribution in [3.05, 3.63) is 29.3 Å². The molecule has 0 aliphatic carbocycles. The van der Waals surface area contributed by atoms with Crippen LogP contribution in [0.15, 0.2) is 23.4 Å². The number of oxime groups is 1. The first-order valence-corrected chi connectivity index (χ1v) is 9.78. The number of benzene rings is 1. The van der Waals surface area contributed by atoms with Crippen LogP contribution in [0.3, 0.4) is 0 Å². The molecule has 128 valence electrons. The largest absolute Gasteiger partial charge is 0.424 e. The van der Waals surface area contributed by atoms with Crippen molar-refractivity contribution in [1.82, 2.24) is 0 Å². The molecule has 0 N–H and O–H groups in total. The zero-order valence-corrected chi connectivity index (χ0v) is 15.7. The quantitative estimate of drug-likeness (QED) is 0.303. The van der Waals surface area contributed by atoms with Crippen LogP contribution in [-0.2, 0) is 30.5 Å². The van der Waals surface area contributed by atoms with Crippen molar-refractivity contribution in [2.45, 2.75) is 34.6 Å². The number of hydrogen-bond acceptors (Lipinski definition) is 7. The molecular weight excluding hydrogens is 337 g/mol. The van der Waals surface area contributed by atoms with Crippen molar-refractivity contribution in [3.63, 3.8) is 0 Å². The van der Waals surface area contributed by atoms with E-state index in [9.17, 15) is 4.79 Å². The summed E-state index contributed by atoms with van der Waals surface area (Å²) in [5, 5.41) is 3.78. The molecule has 6 nitrogen and oxygen atoms in total. The lowest BCUT2D eigenvalue weighted by Crippen LogP contribution is -2.04. The second kappa shape index (κ2) is 9.13. The molecule has 0 aliphatic heterocycles. The molecule has 0 saturated heterocycles. The normalized spacial score (nSPS) is 12.1. The predicted octanol–water partition coefficient (Wildman–Crippen LogP) is 3.96. The van der Waals surface area contributed by atoms with Gasteiger partial charge in [0.15, 0.2) is 0 Å². The van der Waals surface area contributed by atoms with Crippen LogP contribution in [0.2, 0.25) is 0 Å². The zero-order chi connectivity index (χ0) is 17.5. The van der Waals surface area contributed by atoms with E-state index in [1.54, 1.807) is 13.0 Å². The molecule has 0 heterocycles. The van der Waals surface area contributed by atoms with Crippen molar-refractivity contribution >= 4 is 30.2 Å². The van der Waals surface area contributed by atoms with Crippen LogP contribution in [-0.4, -0.2) is 24.9 Å². The standard InChI is InChI=1S/C15H22NO5PS/c1-6-18-22(23,19-7-2)21-14-8-9-15(11(3)10-14)12(4)16-20-13(5)17/h8-10H,6-7H2,1-5H3/b16-12-. The fraction of sp³-hybridized carbons (Fsp3) is 0.467. The number of carbonyl (C=O) groups excluding carboxylic acids is 1. The molecule has 0 aromatic heterocycles. The summed E-state index contributed by atoms with van der Waals surface area (Å²) in [6.07, 6.45) is 0. The van der Waals surface area contributed by atoms with Crippen molar-refractivity contribution in [1.29, 1.82) is 0 Å². The van der Waals surface area contributed by atoms with Crippen molar-refractivity contribution in [2.75, 3.05) is 13.2 Å². The van der Waals surface area contributed by atoms with E-state index >= 15 is 0 Å². The van der Waals surface area contributed by atoms with Crippen LogP contribution < -0.4 is 4.52 Å². The van der Waals surface area contributed by atoms with Crippen molar-refractivity contribution < 1.29 is 23.2 Å². The van der Waals surface area contributed by atoms with Gasteiger partial charge in [0.05, 0.1) is 18.9 Å². The number of carbonyl (C=O) groups is 1. The number of hydrogen-bond donors (Lipinski definition) is 0.